The van der Waals surface area contributed by atoms with Gasteiger partial charge in [-0.1, -0.05) is 97.8 Å². The lowest BCUT2D eigenvalue weighted by atomic mass is 10.0. The number of hydrogen-bond donors (Lipinski definition) is 3. The Morgan fingerprint density at radius 2 is 1.50 bits per heavy atom. The van der Waals surface area contributed by atoms with E-state index < -0.39 is 23.7 Å². The number of hydrogen-bond acceptors (Lipinski definition) is 10. The van der Waals surface area contributed by atoms with E-state index in [2.05, 4.69) is 21.9 Å². The van der Waals surface area contributed by atoms with Gasteiger partial charge in [-0.2, -0.15) is 4.98 Å². The van der Waals surface area contributed by atoms with Gasteiger partial charge in [-0.25, -0.2) is 4.98 Å². The third-order valence-corrected chi connectivity index (χ3v) is 7.26. The number of carbonyl (C=O) groups is 2. The Morgan fingerprint density at radius 3 is 2.10 bits per heavy atom. The second-order valence-electron chi connectivity index (χ2n) is 11.3. The molecule has 0 aromatic carbocycles. The molecule has 12 nitrogen and oxygen atoms in total. The van der Waals surface area contributed by atoms with E-state index in [1.807, 2.05) is 13.8 Å². The van der Waals surface area contributed by atoms with Crippen molar-refractivity contribution in [1.82, 2.24) is 19.5 Å². The fraction of sp³-hybridized carbons (Fsp3) is 0.767. The smallest absolute Gasteiger partial charge is 0.323 e. The molecule has 0 aliphatic heterocycles. The molecule has 5 N–H and O–H groups in total. The maximum atomic E-state index is 12.4. The first-order valence-corrected chi connectivity index (χ1v) is 15.6. The molecule has 1 unspecified atom stereocenters. The van der Waals surface area contributed by atoms with Crippen molar-refractivity contribution in [3.05, 3.63) is 16.7 Å². The SMILES string of the molecule is CCCCCCCCCCCCCCCC(=O)OCC(COC(=O)[C@@H](N)C(C)C)OCn1cnc2c(=O)[nH]c(N)nc21. The van der Waals surface area contributed by atoms with E-state index >= 15 is 0 Å². The quantitative estimate of drug-likeness (QED) is 0.122. The maximum absolute atomic E-state index is 12.4. The topological polar surface area (TPSA) is 177 Å². The minimum absolute atomic E-state index is 0.0514. The molecular weight excluding hydrogens is 540 g/mol. The maximum Gasteiger partial charge on any atom is 0.323 e. The van der Waals surface area contributed by atoms with Gasteiger partial charge in [0.15, 0.2) is 11.2 Å². The number of fused-ring (bicyclic) bond motifs is 1. The lowest BCUT2D eigenvalue weighted by molar-refractivity contribution is -0.158. The minimum Gasteiger partial charge on any atom is -0.463 e. The molecule has 0 amide bonds. The van der Waals surface area contributed by atoms with Crippen LogP contribution in [-0.4, -0.2) is 56.8 Å². The van der Waals surface area contributed by atoms with Gasteiger partial charge in [0.05, 0.1) is 6.33 Å². The Bertz CT molecular complexity index is 1120. The van der Waals surface area contributed by atoms with Crippen molar-refractivity contribution in [2.75, 3.05) is 18.9 Å². The third kappa shape index (κ3) is 13.3. The largest absolute Gasteiger partial charge is 0.463 e. The van der Waals surface area contributed by atoms with Crippen molar-refractivity contribution in [1.29, 1.82) is 0 Å². The molecule has 0 spiro atoms. The summed E-state index contributed by atoms with van der Waals surface area (Å²) in [6.07, 6.45) is 17.0. The van der Waals surface area contributed by atoms with E-state index in [0.29, 0.717) is 6.42 Å². The molecule has 0 bridgehead atoms. The number of unbranched alkanes of at least 4 members (excludes halogenated alkanes) is 12. The molecular formula is C30H52N6O6. The number of nitrogens with two attached hydrogens (primary N) is 2. The summed E-state index contributed by atoms with van der Waals surface area (Å²) < 4.78 is 18.2. The number of imidazole rings is 1. The van der Waals surface area contributed by atoms with Gasteiger partial charge in [-0.3, -0.25) is 23.9 Å². The van der Waals surface area contributed by atoms with Crippen LogP contribution in [0.5, 0.6) is 0 Å². The van der Waals surface area contributed by atoms with Crippen molar-refractivity contribution in [2.24, 2.45) is 11.7 Å². The summed E-state index contributed by atoms with van der Waals surface area (Å²) in [5, 5.41) is 0. The average molecular weight is 593 g/mol. The van der Waals surface area contributed by atoms with E-state index in [0.717, 1.165) is 19.3 Å². The summed E-state index contributed by atoms with van der Waals surface area (Å²) >= 11 is 0. The van der Waals surface area contributed by atoms with Crippen molar-refractivity contribution >= 4 is 29.1 Å². The summed E-state index contributed by atoms with van der Waals surface area (Å²) in [5.74, 6) is -1.04. The first kappa shape index (κ1) is 35.2. The van der Waals surface area contributed by atoms with E-state index in [9.17, 15) is 14.4 Å². The number of rotatable bonds is 23. The van der Waals surface area contributed by atoms with E-state index in [1.165, 1.54) is 75.1 Å². The van der Waals surface area contributed by atoms with Gasteiger partial charge in [0.1, 0.15) is 32.1 Å². The van der Waals surface area contributed by atoms with E-state index in [1.54, 1.807) is 0 Å². The first-order chi connectivity index (χ1) is 20.2. The zero-order valence-corrected chi connectivity index (χ0v) is 25.8. The molecule has 2 atom stereocenters. The summed E-state index contributed by atoms with van der Waals surface area (Å²) in [7, 11) is 0. The second-order valence-corrected chi connectivity index (χ2v) is 11.3. The van der Waals surface area contributed by atoms with Crippen LogP contribution < -0.4 is 17.0 Å². The molecule has 0 fully saturated rings. The van der Waals surface area contributed by atoms with Gasteiger partial charge in [0.25, 0.3) is 5.56 Å². The molecule has 238 valence electrons. The summed E-state index contributed by atoms with van der Waals surface area (Å²) in [6.45, 7) is 5.54. The highest BCUT2D eigenvalue weighted by Gasteiger charge is 2.22. The molecule has 42 heavy (non-hydrogen) atoms. The fourth-order valence-electron chi connectivity index (χ4n) is 4.48. The van der Waals surface area contributed by atoms with E-state index in [4.69, 9.17) is 25.7 Å². The van der Waals surface area contributed by atoms with Crippen LogP contribution in [0.3, 0.4) is 0 Å². The first-order valence-electron chi connectivity index (χ1n) is 15.6. The number of H-pyrrole nitrogens is 1. The highest BCUT2D eigenvalue weighted by Crippen LogP contribution is 2.14. The lowest BCUT2D eigenvalue weighted by Gasteiger charge is -2.20. The number of aromatic amines is 1. The van der Waals surface area contributed by atoms with Crippen molar-refractivity contribution in [3.8, 4) is 0 Å². The van der Waals surface area contributed by atoms with Gasteiger partial charge in [-0.05, 0) is 12.3 Å². The number of nitrogen functional groups attached to an aromatic ring is 1. The van der Waals surface area contributed by atoms with Crippen LogP contribution in [0, 0.1) is 5.92 Å². The number of anilines is 1. The Balaban J connectivity index is 1.72. The molecule has 0 saturated heterocycles. The summed E-state index contributed by atoms with van der Waals surface area (Å²) in [5.41, 5.74) is 11.4. The fourth-order valence-corrected chi connectivity index (χ4v) is 4.48. The molecule has 2 aromatic heterocycles. The van der Waals surface area contributed by atoms with Crippen LogP contribution in [0.25, 0.3) is 11.2 Å². The normalized spacial score (nSPS) is 13.0. The third-order valence-electron chi connectivity index (χ3n) is 7.26. The summed E-state index contributed by atoms with van der Waals surface area (Å²) in [6, 6.07) is -0.778. The number of aromatic nitrogens is 4. The predicted molar refractivity (Wildman–Crippen MR) is 162 cm³/mol. The van der Waals surface area contributed by atoms with Gasteiger partial charge in [0, 0.05) is 6.42 Å². The number of ether oxygens (including phenoxy) is 3. The molecule has 2 aromatic rings. The average Bonchev–Trinajstić information content (AvgIpc) is 3.37. The van der Waals surface area contributed by atoms with Crippen molar-refractivity contribution < 1.29 is 23.8 Å². The predicted octanol–water partition coefficient (Wildman–Crippen LogP) is 4.60. The van der Waals surface area contributed by atoms with Crippen LogP contribution in [0.1, 0.15) is 111 Å². The van der Waals surface area contributed by atoms with E-state index in [-0.39, 0.29) is 48.9 Å². The molecule has 2 heterocycles. The Kier molecular flexibility index (Phi) is 16.8. The summed E-state index contributed by atoms with van der Waals surface area (Å²) in [4.78, 5) is 47.2. The van der Waals surface area contributed by atoms with Crippen molar-refractivity contribution in [3.63, 3.8) is 0 Å². The molecule has 0 aliphatic rings. The highest BCUT2D eigenvalue weighted by molar-refractivity contribution is 5.75. The van der Waals surface area contributed by atoms with Crippen LogP contribution in [0.4, 0.5) is 5.95 Å². The number of carbonyl (C=O) groups excluding carboxylic acids is 2. The molecule has 12 heteroatoms. The molecule has 0 saturated carbocycles. The van der Waals surface area contributed by atoms with Crippen LogP contribution in [-0.2, 0) is 30.5 Å². The highest BCUT2D eigenvalue weighted by atomic mass is 16.6. The number of nitrogens with zero attached hydrogens (tertiary/aromatic N) is 3. The van der Waals surface area contributed by atoms with Gasteiger partial charge >= 0.3 is 11.9 Å². The zero-order chi connectivity index (χ0) is 30.7. The number of esters is 2. The molecule has 2 rings (SSSR count). The van der Waals surface area contributed by atoms with Gasteiger partial charge in [0.2, 0.25) is 5.95 Å². The molecule has 0 radical (unpaired) electrons. The van der Waals surface area contributed by atoms with Crippen LogP contribution >= 0.6 is 0 Å². The van der Waals surface area contributed by atoms with Crippen LogP contribution in [0.2, 0.25) is 0 Å². The van der Waals surface area contributed by atoms with Gasteiger partial charge in [-0.15, -0.1) is 0 Å². The standard InChI is InChI=1S/C30H52N6O6/c1-4-5-6-7-8-9-10-11-12-13-14-15-16-17-24(37)40-18-23(19-41-29(39)25(31)22(2)3)42-21-36-20-33-26-27(36)34-30(32)35-28(26)38/h20,22-23,25H,4-19,21,31H2,1-3H3,(H3,32,34,35,38)/t23?,25-/m0/s1. The Hall–Kier alpha value is -2.99. The van der Waals surface area contributed by atoms with Gasteiger partial charge < -0.3 is 25.7 Å². The Labute approximate surface area is 249 Å². The lowest BCUT2D eigenvalue weighted by Crippen LogP contribution is -2.39. The van der Waals surface area contributed by atoms with Crippen molar-refractivity contribution in [2.45, 2.75) is 130 Å². The molecule has 0 aliphatic carbocycles. The second kappa shape index (κ2) is 20.0. The zero-order valence-electron chi connectivity index (χ0n) is 25.8. The Morgan fingerprint density at radius 1 is 0.929 bits per heavy atom. The number of nitrogens with one attached hydrogen (secondary N) is 1. The monoisotopic (exact) mass is 592 g/mol. The minimum atomic E-state index is -0.778. The van der Waals surface area contributed by atoms with Crippen LogP contribution in [0.15, 0.2) is 11.1 Å².